The Labute approximate surface area is 86.1 Å². The third-order valence-corrected chi connectivity index (χ3v) is 2.43. The van der Waals surface area contributed by atoms with Crippen LogP contribution in [0.5, 0.6) is 0 Å². The van der Waals surface area contributed by atoms with Crippen LogP contribution in [0.1, 0.15) is 44.6 Å². The number of hydrogen-bond donors (Lipinski definition) is 0. The van der Waals surface area contributed by atoms with Gasteiger partial charge in [0.1, 0.15) is 5.78 Å². The van der Waals surface area contributed by atoms with Gasteiger partial charge >= 0.3 is 0 Å². The topological polar surface area (TPSA) is 17.1 Å². The molecule has 1 heteroatoms. The third kappa shape index (κ3) is 3.33. The van der Waals surface area contributed by atoms with Gasteiger partial charge in [0.05, 0.1) is 0 Å². The molecule has 0 radical (unpaired) electrons. The van der Waals surface area contributed by atoms with Crippen LogP contribution in [-0.2, 0) is 4.79 Å². The summed E-state index contributed by atoms with van der Waals surface area (Å²) in [6.07, 6.45) is 2.36. The van der Waals surface area contributed by atoms with Gasteiger partial charge in [0.15, 0.2) is 0 Å². The zero-order valence-electron chi connectivity index (χ0n) is 8.99. The van der Waals surface area contributed by atoms with Gasteiger partial charge in [-0.1, -0.05) is 44.2 Å². The summed E-state index contributed by atoms with van der Waals surface area (Å²) in [5, 5.41) is 0. The molecule has 1 nitrogen and oxygen atoms in total. The maximum atomic E-state index is 11.4. The molecule has 0 aliphatic heterocycles. The SMILES string of the molecule is CCCC(=O)CC(C)c1ccccc1. The highest BCUT2D eigenvalue weighted by Gasteiger charge is 2.09. The van der Waals surface area contributed by atoms with E-state index in [1.54, 1.807) is 0 Å². The number of carbonyl (C=O) groups is 1. The number of benzene rings is 1. The van der Waals surface area contributed by atoms with Crippen molar-refractivity contribution in [1.82, 2.24) is 0 Å². The molecular weight excluding hydrogens is 172 g/mol. The quantitative estimate of drug-likeness (QED) is 0.694. The fourth-order valence-electron chi connectivity index (χ4n) is 1.62. The highest BCUT2D eigenvalue weighted by atomic mass is 16.1. The first-order valence-electron chi connectivity index (χ1n) is 5.30. The minimum Gasteiger partial charge on any atom is -0.300 e. The second-order valence-electron chi connectivity index (χ2n) is 3.80. The van der Waals surface area contributed by atoms with E-state index >= 15 is 0 Å². The summed E-state index contributed by atoms with van der Waals surface area (Å²) in [6, 6.07) is 10.2. The molecular formula is C13H18O. The predicted octanol–water partition coefficient (Wildman–Crippen LogP) is 3.55. The lowest BCUT2D eigenvalue weighted by molar-refractivity contribution is -0.119. The van der Waals surface area contributed by atoms with Crippen molar-refractivity contribution in [2.45, 2.75) is 39.0 Å². The molecule has 0 spiro atoms. The maximum absolute atomic E-state index is 11.4. The van der Waals surface area contributed by atoms with Crippen LogP contribution >= 0.6 is 0 Å². The van der Waals surface area contributed by atoms with Crippen LogP contribution in [0, 0.1) is 0 Å². The molecule has 0 amide bonds. The zero-order chi connectivity index (χ0) is 10.4. The van der Waals surface area contributed by atoms with Gasteiger partial charge in [0, 0.05) is 12.8 Å². The highest BCUT2D eigenvalue weighted by molar-refractivity contribution is 5.79. The minimum atomic E-state index is 0.357. The largest absolute Gasteiger partial charge is 0.300 e. The Morgan fingerprint density at radius 1 is 1.29 bits per heavy atom. The van der Waals surface area contributed by atoms with Crippen LogP contribution < -0.4 is 0 Å². The molecule has 1 atom stereocenters. The van der Waals surface area contributed by atoms with Crippen molar-refractivity contribution in [3.8, 4) is 0 Å². The van der Waals surface area contributed by atoms with Crippen molar-refractivity contribution >= 4 is 5.78 Å². The molecule has 0 N–H and O–H groups in total. The fraction of sp³-hybridized carbons (Fsp3) is 0.462. The summed E-state index contributed by atoms with van der Waals surface area (Å²) in [5.74, 6) is 0.735. The van der Waals surface area contributed by atoms with Crippen molar-refractivity contribution in [2.75, 3.05) is 0 Å². The van der Waals surface area contributed by atoms with Crippen LogP contribution in [0.3, 0.4) is 0 Å². The standard InChI is InChI=1S/C13H18O/c1-3-7-13(14)10-11(2)12-8-5-4-6-9-12/h4-6,8-9,11H,3,7,10H2,1-2H3. The molecule has 0 aliphatic carbocycles. The van der Waals surface area contributed by atoms with Gasteiger partial charge in [-0.15, -0.1) is 0 Å². The van der Waals surface area contributed by atoms with E-state index in [2.05, 4.69) is 19.1 Å². The van der Waals surface area contributed by atoms with Crippen molar-refractivity contribution in [3.05, 3.63) is 35.9 Å². The number of rotatable bonds is 5. The van der Waals surface area contributed by atoms with Crippen LogP contribution in [0.15, 0.2) is 30.3 Å². The monoisotopic (exact) mass is 190 g/mol. The van der Waals surface area contributed by atoms with Gasteiger partial charge in [-0.25, -0.2) is 0 Å². The first kappa shape index (κ1) is 11.0. The van der Waals surface area contributed by atoms with Gasteiger partial charge in [-0.05, 0) is 17.9 Å². The van der Waals surface area contributed by atoms with Crippen molar-refractivity contribution in [1.29, 1.82) is 0 Å². The first-order chi connectivity index (χ1) is 6.74. The molecule has 0 saturated carbocycles. The molecule has 0 fully saturated rings. The minimum absolute atomic E-state index is 0.357. The Morgan fingerprint density at radius 3 is 2.50 bits per heavy atom. The zero-order valence-corrected chi connectivity index (χ0v) is 8.99. The van der Waals surface area contributed by atoms with Crippen LogP contribution in [0.2, 0.25) is 0 Å². The molecule has 1 aromatic carbocycles. The lowest BCUT2D eigenvalue weighted by atomic mass is 9.94. The number of hydrogen-bond acceptors (Lipinski definition) is 1. The van der Waals surface area contributed by atoms with Crippen LogP contribution in [0.4, 0.5) is 0 Å². The van der Waals surface area contributed by atoms with Crippen molar-refractivity contribution < 1.29 is 4.79 Å². The highest BCUT2D eigenvalue weighted by Crippen LogP contribution is 2.19. The summed E-state index contributed by atoms with van der Waals surface area (Å²) in [5.41, 5.74) is 1.26. The summed E-state index contributed by atoms with van der Waals surface area (Å²) in [6.45, 7) is 4.16. The van der Waals surface area contributed by atoms with Crippen LogP contribution in [-0.4, -0.2) is 5.78 Å². The van der Waals surface area contributed by atoms with E-state index in [9.17, 15) is 4.79 Å². The Hall–Kier alpha value is -1.11. The lowest BCUT2D eigenvalue weighted by Gasteiger charge is -2.10. The fourth-order valence-corrected chi connectivity index (χ4v) is 1.62. The number of Topliss-reactive ketones (excluding diaryl/α,β-unsaturated/α-hetero) is 1. The van der Waals surface area contributed by atoms with E-state index in [4.69, 9.17) is 0 Å². The summed E-state index contributed by atoms with van der Waals surface area (Å²) >= 11 is 0. The smallest absolute Gasteiger partial charge is 0.133 e. The van der Waals surface area contributed by atoms with E-state index in [-0.39, 0.29) is 0 Å². The van der Waals surface area contributed by atoms with Crippen molar-refractivity contribution in [3.63, 3.8) is 0 Å². The molecule has 1 aromatic rings. The number of ketones is 1. The molecule has 14 heavy (non-hydrogen) atoms. The normalized spacial score (nSPS) is 12.4. The average Bonchev–Trinajstić information content (AvgIpc) is 2.19. The first-order valence-corrected chi connectivity index (χ1v) is 5.30. The Kier molecular flexibility index (Phi) is 4.37. The Morgan fingerprint density at radius 2 is 1.93 bits per heavy atom. The molecule has 1 unspecified atom stereocenters. The van der Waals surface area contributed by atoms with Gasteiger partial charge in [0.2, 0.25) is 0 Å². The molecule has 0 heterocycles. The van der Waals surface area contributed by atoms with Crippen LogP contribution in [0.25, 0.3) is 0 Å². The maximum Gasteiger partial charge on any atom is 0.133 e. The molecule has 0 aliphatic rings. The third-order valence-electron chi connectivity index (χ3n) is 2.43. The van der Waals surface area contributed by atoms with E-state index in [1.165, 1.54) is 5.56 Å². The predicted molar refractivity (Wildman–Crippen MR) is 59.4 cm³/mol. The van der Waals surface area contributed by atoms with E-state index in [1.807, 2.05) is 25.1 Å². The summed E-state index contributed by atoms with van der Waals surface area (Å²) in [4.78, 5) is 11.4. The lowest BCUT2D eigenvalue weighted by Crippen LogP contribution is -2.03. The number of carbonyl (C=O) groups excluding carboxylic acids is 1. The van der Waals surface area contributed by atoms with Gasteiger partial charge in [-0.3, -0.25) is 4.79 Å². The van der Waals surface area contributed by atoms with E-state index in [0.717, 1.165) is 12.8 Å². The molecule has 0 saturated heterocycles. The van der Waals surface area contributed by atoms with E-state index < -0.39 is 0 Å². The Balaban J connectivity index is 2.50. The average molecular weight is 190 g/mol. The van der Waals surface area contributed by atoms with Gasteiger partial charge < -0.3 is 0 Å². The summed E-state index contributed by atoms with van der Waals surface area (Å²) in [7, 11) is 0. The summed E-state index contributed by atoms with van der Waals surface area (Å²) < 4.78 is 0. The van der Waals surface area contributed by atoms with E-state index in [0.29, 0.717) is 18.1 Å². The molecule has 0 bridgehead atoms. The molecule has 76 valence electrons. The molecule has 1 rings (SSSR count). The Bertz CT molecular complexity index is 277. The van der Waals surface area contributed by atoms with Crippen molar-refractivity contribution in [2.24, 2.45) is 0 Å². The van der Waals surface area contributed by atoms with Gasteiger partial charge in [-0.2, -0.15) is 0 Å². The van der Waals surface area contributed by atoms with Gasteiger partial charge in [0.25, 0.3) is 0 Å². The second kappa shape index (κ2) is 5.58. The molecule has 0 aromatic heterocycles. The second-order valence-corrected chi connectivity index (χ2v) is 3.80.